The van der Waals surface area contributed by atoms with Crippen molar-refractivity contribution in [3.05, 3.63) is 24.0 Å². The number of hydrogen-bond donors (Lipinski definition) is 0. The molecule has 6 nitrogen and oxygen atoms in total. The van der Waals surface area contributed by atoms with Gasteiger partial charge in [-0.05, 0) is 11.8 Å². The third-order valence-corrected chi connectivity index (χ3v) is 3.76. The van der Waals surface area contributed by atoms with Gasteiger partial charge in [-0.15, -0.1) is 5.76 Å². The van der Waals surface area contributed by atoms with Gasteiger partial charge in [0.1, 0.15) is 6.61 Å². The molecule has 0 N–H and O–H groups in total. The number of carbonyl (C=O) groups is 2. The number of ketones is 1. The van der Waals surface area contributed by atoms with Gasteiger partial charge in [-0.1, -0.05) is 45.0 Å². The van der Waals surface area contributed by atoms with E-state index in [0.29, 0.717) is 12.8 Å². The summed E-state index contributed by atoms with van der Waals surface area (Å²) in [7, 11) is 1.23. The van der Waals surface area contributed by atoms with Gasteiger partial charge in [-0.3, -0.25) is 9.59 Å². The van der Waals surface area contributed by atoms with E-state index in [4.69, 9.17) is 9.57 Å². The van der Waals surface area contributed by atoms with Crippen molar-refractivity contribution in [1.82, 2.24) is 0 Å². The van der Waals surface area contributed by atoms with Gasteiger partial charge in [0.25, 0.3) is 0 Å². The Hall–Kier alpha value is -2.11. The lowest BCUT2D eigenvalue weighted by molar-refractivity contribution is -0.321. The highest BCUT2D eigenvalue weighted by Crippen LogP contribution is 2.41. The highest BCUT2D eigenvalue weighted by Gasteiger charge is 2.43. The van der Waals surface area contributed by atoms with Crippen LogP contribution in [-0.4, -0.2) is 31.2 Å². The standard InChI is InChI=1S/C17H25NO5/c1-6-8-11(18-23-9-7-2)13-12(19)10-17(3,4)14(15(13)20)16(21)22-5/h7,14,20H,2,6,8-10H2,1,3-5H3/p-1/b18-11-. The Labute approximate surface area is 136 Å². The van der Waals surface area contributed by atoms with E-state index < -0.39 is 23.1 Å². The van der Waals surface area contributed by atoms with Crippen LogP contribution in [0.5, 0.6) is 0 Å². The minimum absolute atomic E-state index is 0.0364. The van der Waals surface area contributed by atoms with Crippen LogP contribution in [-0.2, 0) is 19.2 Å². The van der Waals surface area contributed by atoms with Gasteiger partial charge >= 0.3 is 5.97 Å². The topological polar surface area (TPSA) is 88.0 Å². The van der Waals surface area contributed by atoms with Gasteiger partial charge in [0.2, 0.25) is 0 Å². The van der Waals surface area contributed by atoms with Gasteiger partial charge in [0.15, 0.2) is 5.78 Å². The maximum absolute atomic E-state index is 12.8. The molecule has 0 amide bonds. The molecule has 0 fully saturated rings. The molecule has 0 spiro atoms. The molecule has 0 heterocycles. The number of carbonyl (C=O) groups excluding carboxylic acids is 2. The monoisotopic (exact) mass is 322 g/mol. The van der Waals surface area contributed by atoms with Crippen LogP contribution in [0.15, 0.2) is 29.1 Å². The summed E-state index contributed by atoms with van der Waals surface area (Å²) in [6.45, 7) is 9.03. The summed E-state index contributed by atoms with van der Waals surface area (Å²) in [5.41, 5.74) is -0.538. The zero-order chi connectivity index (χ0) is 17.6. The lowest BCUT2D eigenvalue weighted by Gasteiger charge is -2.41. The fraction of sp³-hybridized carbons (Fsp3) is 0.588. The second kappa shape index (κ2) is 7.94. The highest BCUT2D eigenvalue weighted by atomic mass is 16.6. The first-order valence-electron chi connectivity index (χ1n) is 7.62. The molecule has 1 unspecified atom stereocenters. The van der Waals surface area contributed by atoms with Crippen LogP contribution < -0.4 is 5.11 Å². The molecular formula is C17H24NO5-. The van der Waals surface area contributed by atoms with Crippen molar-refractivity contribution in [2.75, 3.05) is 13.7 Å². The molecular weight excluding hydrogens is 298 g/mol. The van der Waals surface area contributed by atoms with Crippen LogP contribution in [0.25, 0.3) is 0 Å². The minimum atomic E-state index is -1.01. The molecule has 1 rings (SSSR count). The number of oxime groups is 1. The summed E-state index contributed by atoms with van der Waals surface area (Å²) in [6.07, 6.45) is 2.70. The average molecular weight is 322 g/mol. The maximum atomic E-state index is 12.8. The summed E-state index contributed by atoms with van der Waals surface area (Å²) in [4.78, 5) is 29.5. The summed E-state index contributed by atoms with van der Waals surface area (Å²) >= 11 is 0. The second-order valence-electron chi connectivity index (χ2n) is 6.16. The molecule has 23 heavy (non-hydrogen) atoms. The third-order valence-electron chi connectivity index (χ3n) is 3.76. The Kier molecular flexibility index (Phi) is 6.54. The largest absolute Gasteiger partial charge is 0.874 e. The Morgan fingerprint density at radius 1 is 1.52 bits per heavy atom. The van der Waals surface area contributed by atoms with E-state index in [0.717, 1.165) is 0 Å². The van der Waals surface area contributed by atoms with Crippen molar-refractivity contribution in [2.24, 2.45) is 16.5 Å². The van der Waals surface area contributed by atoms with E-state index in [9.17, 15) is 14.7 Å². The number of hydrogen-bond acceptors (Lipinski definition) is 6. The van der Waals surface area contributed by atoms with Gasteiger partial charge in [-0.25, -0.2) is 0 Å². The summed E-state index contributed by atoms with van der Waals surface area (Å²) in [5.74, 6) is -2.49. The molecule has 0 aromatic rings. The van der Waals surface area contributed by atoms with Crippen LogP contribution in [0, 0.1) is 11.3 Å². The predicted octanol–water partition coefficient (Wildman–Crippen LogP) is 1.75. The van der Waals surface area contributed by atoms with Crippen LogP contribution in [0.1, 0.15) is 40.0 Å². The molecule has 0 aromatic heterocycles. The Morgan fingerprint density at radius 2 is 2.17 bits per heavy atom. The van der Waals surface area contributed by atoms with Crippen molar-refractivity contribution in [1.29, 1.82) is 0 Å². The van der Waals surface area contributed by atoms with E-state index in [2.05, 4.69) is 11.7 Å². The number of nitrogens with zero attached hydrogens (tertiary/aromatic N) is 1. The molecule has 0 aliphatic heterocycles. The molecule has 1 aliphatic rings. The smallest absolute Gasteiger partial charge is 0.312 e. The first kappa shape index (κ1) is 18.9. The van der Waals surface area contributed by atoms with Crippen molar-refractivity contribution in [2.45, 2.75) is 40.0 Å². The van der Waals surface area contributed by atoms with Crippen molar-refractivity contribution in [3.8, 4) is 0 Å². The normalized spacial score (nSPS) is 21.1. The quantitative estimate of drug-likeness (QED) is 0.234. The predicted molar refractivity (Wildman–Crippen MR) is 84.4 cm³/mol. The maximum Gasteiger partial charge on any atom is 0.312 e. The molecule has 1 atom stereocenters. The van der Waals surface area contributed by atoms with E-state index in [1.54, 1.807) is 13.8 Å². The summed E-state index contributed by atoms with van der Waals surface area (Å²) in [5, 5.41) is 16.7. The molecule has 0 saturated heterocycles. The zero-order valence-electron chi connectivity index (χ0n) is 14.2. The highest BCUT2D eigenvalue weighted by molar-refractivity contribution is 6.23. The van der Waals surface area contributed by atoms with Crippen LogP contribution in [0.4, 0.5) is 0 Å². The Balaban J connectivity index is 3.37. The fourth-order valence-corrected chi connectivity index (χ4v) is 2.71. The number of allylic oxidation sites excluding steroid dienone is 1. The Morgan fingerprint density at radius 3 is 2.70 bits per heavy atom. The van der Waals surface area contributed by atoms with E-state index in [-0.39, 0.29) is 30.1 Å². The van der Waals surface area contributed by atoms with E-state index >= 15 is 0 Å². The molecule has 0 bridgehead atoms. The number of Topliss-reactive ketones (excluding diaryl/α,β-unsaturated/α-hetero) is 1. The molecule has 128 valence electrons. The van der Waals surface area contributed by atoms with Crippen LogP contribution >= 0.6 is 0 Å². The van der Waals surface area contributed by atoms with E-state index in [1.165, 1.54) is 13.2 Å². The lowest BCUT2D eigenvalue weighted by atomic mass is 9.67. The first-order chi connectivity index (χ1) is 10.8. The second-order valence-corrected chi connectivity index (χ2v) is 6.16. The SMILES string of the molecule is C=CCO/N=C(/CCC)C1=C([O-])C(C(=O)OC)C(C)(C)CC1=O. The van der Waals surface area contributed by atoms with Gasteiger partial charge in [0.05, 0.1) is 18.7 Å². The Bertz CT molecular complexity index is 545. The molecule has 0 saturated carbocycles. The molecule has 1 aliphatic carbocycles. The molecule has 0 aromatic carbocycles. The lowest BCUT2D eigenvalue weighted by Crippen LogP contribution is -2.45. The van der Waals surface area contributed by atoms with Crippen LogP contribution in [0.2, 0.25) is 0 Å². The number of esters is 1. The van der Waals surface area contributed by atoms with Gasteiger partial charge in [0, 0.05) is 12.0 Å². The minimum Gasteiger partial charge on any atom is -0.874 e. The molecule has 0 radical (unpaired) electrons. The summed E-state index contributed by atoms with van der Waals surface area (Å²) in [6, 6.07) is 0. The van der Waals surface area contributed by atoms with E-state index in [1.807, 2.05) is 6.92 Å². The zero-order valence-corrected chi connectivity index (χ0v) is 14.2. The van der Waals surface area contributed by atoms with Crippen molar-refractivity contribution in [3.63, 3.8) is 0 Å². The summed E-state index contributed by atoms with van der Waals surface area (Å²) < 4.78 is 4.75. The number of ether oxygens (including phenoxy) is 1. The number of rotatable bonds is 7. The first-order valence-corrected chi connectivity index (χ1v) is 7.62. The average Bonchev–Trinajstić information content (AvgIpc) is 2.45. The molecule has 6 heteroatoms. The number of methoxy groups -OCH3 is 1. The third kappa shape index (κ3) is 4.21. The fourth-order valence-electron chi connectivity index (χ4n) is 2.71. The van der Waals surface area contributed by atoms with Crippen LogP contribution in [0.3, 0.4) is 0 Å². The van der Waals surface area contributed by atoms with Gasteiger partial charge in [-0.2, -0.15) is 0 Å². The van der Waals surface area contributed by atoms with Crippen molar-refractivity contribution >= 4 is 17.5 Å². The van der Waals surface area contributed by atoms with Crippen molar-refractivity contribution < 1.29 is 24.3 Å². The van der Waals surface area contributed by atoms with Gasteiger partial charge < -0.3 is 14.7 Å².